The molecule has 0 aliphatic rings. The smallest absolute Gasteiger partial charge is 0.385 e. The molecule has 2 atom stereocenters. The van der Waals surface area contributed by atoms with Gasteiger partial charge in [-0.25, -0.2) is 0 Å². The van der Waals surface area contributed by atoms with Gasteiger partial charge in [-0.2, -0.15) is 0 Å². The predicted molar refractivity (Wildman–Crippen MR) is 95.3 cm³/mol. The van der Waals surface area contributed by atoms with Gasteiger partial charge in [-0.05, 0) is 45.2 Å². The Balaban J connectivity index is 4.69. The molecule has 23 heavy (non-hydrogen) atoms. The Kier molecular flexibility index (Phi) is 11.1. The maximum absolute atomic E-state index is 12.8. The number of rotatable bonds is 12. The number of aliphatic hydroxyl groups excluding tert-OH is 1. The van der Waals surface area contributed by atoms with Crippen LogP contribution in [0.3, 0.4) is 0 Å². The Bertz CT molecular complexity index is 348. The van der Waals surface area contributed by atoms with Crippen molar-refractivity contribution < 1.29 is 27.9 Å². The van der Waals surface area contributed by atoms with Crippen molar-refractivity contribution in [2.75, 3.05) is 19.8 Å². The van der Waals surface area contributed by atoms with E-state index in [-0.39, 0.29) is 25.2 Å². The van der Waals surface area contributed by atoms with Gasteiger partial charge < -0.3 is 23.3 Å². The lowest BCUT2D eigenvalue weighted by Crippen LogP contribution is -2.28. The largest absolute Gasteiger partial charge is 0.393 e. The SMILES string of the molecule is CCOP(=O)(OCC)C(OCCC(O)CC(C)(C)C)O[SiH](C)C. The molecule has 0 aromatic heterocycles. The number of aliphatic hydroxyl groups is 1. The lowest BCUT2D eigenvalue weighted by Gasteiger charge is -2.28. The van der Waals surface area contributed by atoms with E-state index in [2.05, 4.69) is 20.8 Å². The maximum atomic E-state index is 12.8. The van der Waals surface area contributed by atoms with Crippen LogP contribution in [0.4, 0.5) is 0 Å². The highest BCUT2D eigenvalue weighted by atomic mass is 31.2. The van der Waals surface area contributed by atoms with Gasteiger partial charge in [-0.3, -0.25) is 4.57 Å². The second-order valence-electron chi connectivity index (χ2n) is 6.95. The van der Waals surface area contributed by atoms with Crippen molar-refractivity contribution in [2.45, 2.75) is 72.7 Å². The summed E-state index contributed by atoms with van der Waals surface area (Å²) in [5.74, 6) is 0. The minimum atomic E-state index is -3.48. The maximum Gasteiger partial charge on any atom is 0.385 e. The van der Waals surface area contributed by atoms with Gasteiger partial charge in [-0.15, -0.1) is 0 Å². The normalized spacial score (nSPS) is 15.9. The van der Waals surface area contributed by atoms with Crippen LogP contribution in [0.5, 0.6) is 0 Å². The van der Waals surface area contributed by atoms with E-state index >= 15 is 0 Å². The molecule has 0 aromatic rings. The van der Waals surface area contributed by atoms with Crippen molar-refractivity contribution in [3.63, 3.8) is 0 Å². The molecule has 0 saturated heterocycles. The zero-order valence-corrected chi connectivity index (χ0v) is 17.8. The topological polar surface area (TPSA) is 74.2 Å². The van der Waals surface area contributed by atoms with Crippen LogP contribution in [0.25, 0.3) is 0 Å². The lowest BCUT2D eigenvalue weighted by molar-refractivity contribution is -0.0568. The molecule has 0 aromatic carbocycles. The molecule has 0 fully saturated rings. The van der Waals surface area contributed by atoms with Gasteiger partial charge in [0.05, 0.1) is 25.9 Å². The fourth-order valence-electron chi connectivity index (χ4n) is 2.07. The van der Waals surface area contributed by atoms with E-state index in [1.165, 1.54) is 0 Å². The third-order valence-corrected chi connectivity index (χ3v) is 5.87. The van der Waals surface area contributed by atoms with E-state index in [0.717, 1.165) is 0 Å². The van der Waals surface area contributed by atoms with Crippen molar-refractivity contribution in [3.8, 4) is 0 Å². The Morgan fingerprint density at radius 1 is 1.13 bits per heavy atom. The average molecular weight is 370 g/mol. The molecule has 0 amide bonds. The highest BCUT2D eigenvalue weighted by molar-refractivity contribution is 7.54. The van der Waals surface area contributed by atoms with Crippen LogP contribution < -0.4 is 0 Å². The molecule has 0 radical (unpaired) electrons. The van der Waals surface area contributed by atoms with Crippen molar-refractivity contribution >= 4 is 16.6 Å². The molecule has 0 spiro atoms. The van der Waals surface area contributed by atoms with Crippen LogP contribution in [-0.2, 0) is 22.8 Å². The molecule has 0 saturated carbocycles. The van der Waals surface area contributed by atoms with E-state index in [4.69, 9.17) is 18.2 Å². The first-order valence-electron chi connectivity index (χ1n) is 8.38. The molecule has 0 rings (SSSR count). The third kappa shape index (κ3) is 10.7. The Morgan fingerprint density at radius 2 is 1.65 bits per heavy atom. The zero-order valence-electron chi connectivity index (χ0n) is 15.7. The molecule has 8 heteroatoms. The Morgan fingerprint density at radius 3 is 2.04 bits per heavy atom. The summed E-state index contributed by atoms with van der Waals surface area (Å²) < 4.78 is 34.8. The van der Waals surface area contributed by atoms with E-state index in [1.807, 2.05) is 13.1 Å². The van der Waals surface area contributed by atoms with Crippen molar-refractivity contribution in [2.24, 2.45) is 5.41 Å². The monoisotopic (exact) mass is 370 g/mol. The van der Waals surface area contributed by atoms with Crippen LogP contribution >= 0.6 is 7.60 Å². The van der Waals surface area contributed by atoms with E-state index < -0.39 is 28.8 Å². The van der Waals surface area contributed by atoms with Gasteiger partial charge in [0, 0.05) is 0 Å². The summed E-state index contributed by atoms with van der Waals surface area (Å²) in [6.45, 7) is 14.4. The summed E-state index contributed by atoms with van der Waals surface area (Å²) in [4.78, 5) is 0. The molecule has 0 aliphatic carbocycles. The standard InChI is InChI=1S/C15H35O6PSi/c1-8-19-22(17,20-9-2)14(21-23(6)7)18-11-10-13(16)12-15(3,4)5/h13-14,16,23H,8-12H2,1-7H3. The summed E-state index contributed by atoms with van der Waals surface area (Å²) >= 11 is 0. The summed E-state index contributed by atoms with van der Waals surface area (Å²) in [5, 5.41) is 10.0. The molecule has 0 bridgehead atoms. The fraction of sp³-hybridized carbons (Fsp3) is 1.00. The zero-order chi connectivity index (χ0) is 18.1. The number of hydrogen-bond donors (Lipinski definition) is 1. The van der Waals surface area contributed by atoms with E-state index in [1.54, 1.807) is 13.8 Å². The molecular weight excluding hydrogens is 335 g/mol. The van der Waals surface area contributed by atoms with Gasteiger partial charge in [0.25, 0.3) is 6.03 Å². The van der Waals surface area contributed by atoms with Gasteiger partial charge >= 0.3 is 7.60 Å². The Hall–Kier alpha value is 0.247. The average Bonchev–Trinajstić information content (AvgIpc) is 2.35. The highest BCUT2D eigenvalue weighted by Gasteiger charge is 2.38. The van der Waals surface area contributed by atoms with Crippen LogP contribution in [-0.4, -0.2) is 46.1 Å². The van der Waals surface area contributed by atoms with Crippen molar-refractivity contribution in [1.82, 2.24) is 0 Å². The molecule has 2 unspecified atom stereocenters. The highest BCUT2D eigenvalue weighted by Crippen LogP contribution is 2.54. The molecule has 6 nitrogen and oxygen atoms in total. The van der Waals surface area contributed by atoms with Gasteiger partial charge in [0.2, 0.25) is 0 Å². The molecule has 0 aliphatic heterocycles. The second kappa shape index (κ2) is 11.0. The van der Waals surface area contributed by atoms with Crippen LogP contribution in [0, 0.1) is 5.41 Å². The molecule has 140 valence electrons. The van der Waals surface area contributed by atoms with Gasteiger partial charge in [0.15, 0.2) is 9.04 Å². The Labute approximate surface area is 143 Å². The lowest BCUT2D eigenvalue weighted by atomic mass is 9.88. The van der Waals surface area contributed by atoms with Crippen LogP contribution in [0.1, 0.15) is 47.5 Å². The number of hydrogen-bond acceptors (Lipinski definition) is 6. The van der Waals surface area contributed by atoms with Gasteiger partial charge in [-0.1, -0.05) is 20.8 Å². The molecule has 0 heterocycles. The van der Waals surface area contributed by atoms with Crippen LogP contribution in [0.15, 0.2) is 0 Å². The quantitative estimate of drug-likeness (QED) is 0.320. The summed E-state index contributed by atoms with van der Waals surface area (Å²) in [5.41, 5.74) is 0.0477. The molecular formula is C15H35O6PSi. The predicted octanol–water partition coefficient (Wildman–Crippen LogP) is 3.74. The van der Waals surface area contributed by atoms with Crippen molar-refractivity contribution in [3.05, 3.63) is 0 Å². The third-order valence-electron chi connectivity index (χ3n) is 2.82. The minimum Gasteiger partial charge on any atom is -0.393 e. The van der Waals surface area contributed by atoms with E-state index in [9.17, 15) is 9.67 Å². The fourth-order valence-corrected chi connectivity index (χ4v) is 5.27. The summed E-state index contributed by atoms with van der Waals surface area (Å²) in [6.07, 6.45) is 0.662. The first-order chi connectivity index (χ1) is 10.5. The van der Waals surface area contributed by atoms with Crippen molar-refractivity contribution in [1.29, 1.82) is 0 Å². The summed E-state index contributed by atoms with van der Waals surface area (Å²) in [6, 6.07) is -1.02. The first-order valence-corrected chi connectivity index (χ1v) is 12.8. The second-order valence-corrected chi connectivity index (χ2v) is 11.3. The molecule has 1 N–H and O–H groups in total. The minimum absolute atomic E-state index is 0.0477. The first kappa shape index (κ1) is 23.2. The number of ether oxygens (including phenoxy) is 1. The van der Waals surface area contributed by atoms with Crippen LogP contribution in [0.2, 0.25) is 13.1 Å². The van der Waals surface area contributed by atoms with Gasteiger partial charge in [0.1, 0.15) is 0 Å². The summed E-state index contributed by atoms with van der Waals surface area (Å²) in [7, 11) is -4.98. The van der Waals surface area contributed by atoms with E-state index in [0.29, 0.717) is 12.8 Å².